The lowest BCUT2D eigenvalue weighted by Gasteiger charge is -2.17. The number of halogens is 1. The van der Waals surface area contributed by atoms with Crippen LogP contribution in [0.5, 0.6) is 0 Å². The minimum atomic E-state index is -0.0515. The topological polar surface area (TPSA) is 75.4 Å². The molecule has 1 aliphatic carbocycles. The van der Waals surface area contributed by atoms with Gasteiger partial charge in [-0.25, -0.2) is 0 Å². The van der Waals surface area contributed by atoms with Crippen LogP contribution in [0.2, 0.25) is 0 Å². The molecule has 1 heterocycles. The second-order valence-corrected chi connectivity index (χ2v) is 7.45. The first-order valence-electron chi connectivity index (χ1n) is 9.48. The molecule has 1 saturated heterocycles. The molecule has 26 heavy (non-hydrogen) atoms. The Morgan fingerprint density at radius 3 is 2.50 bits per heavy atom. The van der Waals surface area contributed by atoms with Gasteiger partial charge in [0.15, 0.2) is 0 Å². The Bertz CT molecular complexity index is 590. The van der Waals surface area contributed by atoms with Crippen molar-refractivity contribution in [3.8, 4) is 0 Å². The summed E-state index contributed by atoms with van der Waals surface area (Å²) in [5.74, 6) is 0.819. The zero-order valence-electron chi connectivity index (χ0n) is 15.2. The summed E-state index contributed by atoms with van der Waals surface area (Å²) in [7, 11) is 0. The van der Waals surface area contributed by atoms with E-state index in [0.29, 0.717) is 25.4 Å². The lowest BCUT2D eigenvalue weighted by atomic mass is 9.95. The van der Waals surface area contributed by atoms with Gasteiger partial charge in [0.1, 0.15) is 0 Å². The molecule has 1 saturated carbocycles. The minimum absolute atomic E-state index is 0. The summed E-state index contributed by atoms with van der Waals surface area (Å²) in [5.41, 5.74) is 7.40. The van der Waals surface area contributed by atoms with Crippen molar-refractivity contribution in [2.75, 3.05) is 19.6 Å². The van der Waals surface area contributed by atoms with E-state index in [2.05, 4.69) is 17.4 Å². The Labute approximate surface area is 162 Å². The summed E-state index contributed by atoms with van der Waals surface area (Å²) in [4.78, 5) is 26.1. The quantitative estimate of drug-likeness (QED) is 0.797. The summed E-state index contributed by atoms with van der Waals surface area (Å²) >= 11 is 0. The van der Waals surface area contributed by atoms with Crippen molar-refractivity contribution in [3.63, 3.8) is 0 Å². The van der Waals surface area contributed by atoms with Crippen molar-refractivity contribution < 1.29 is 9.59 Å². The number of rotatable bonds is 6. The van der Waals surface area contributed by atoms with Gasteiger partial charge in [-0.05, 0) is 17.9 Å². The molecule has 3 rings (SSSR count). The van der Waals surface area contributed by atoms with E-state index in [1.807, 2.05) is 18.2 Å². The van der Waals surface area contributed by atoms with Crippen molar-refractivity contribution >= 4 is 24.2 Å². The number of likely N-dealkylation sites (tertiary alicyclic amines) is 1. The highest BCUT2D eigenvalue weighted by Gasteiger charge is 2.33. The molecule has 2 amide bonds. The number of nitrogens with two attached hydrogens (primary N) is 1. The lowest BCUT2D eigenvalue weighted by Crippen LogP contribution is -2.40. The van der Waals surface area contributed by atoms with E-state index in [4.69, 9.17) is 5.73 Å². The maximum Gasteiger partial charge on any atom is 0.242 e. The van der Waals surface area contributed by atoms with E-state index >= 15 is 0 Å². The molecular weight excluding hydrogens is 350 g/mol. The standard InChI is InChI=1S/C20H29N3O2.ClH/c21-18-14-23(13-17(18)16-8-2-1-3-9-16)20(25)12-22-19(24)11-10-15-6-4-5-7-15;/h1-3,8-9,15,17-18H,4-7,10-14,21H2,(H,22,24);1H/t17-,18+;/m0./s1. The molecule has 1 aromatic carbocycles. The first kappa shape index (κ1) is 20.7. The maximum absolute atomic E-state index is 12.4. The van der Waals surface area contributed by atoms with E-state index in [1.54, 1.807) is 4.90 Å². The van der Waals surface area contributed by atoms with Gasteiger partial charge in [0.2, 0.25) is 11.8 Å². The Morgan fingerprint density at radius 1 is 1.12 bits per heavy atom. The van der Waals surface area contributed by atoms with Gasteiger partial charge in [0.25, 0.3) is 0 Å². The van der Waals surface area contributed by atoms with Crippen molar-refractivity contribution in [2.24, 2.45) is 11.7 Å². The summed E-state index contributed by atoms with van der Waals surface area (Å²) in [6.45, 7) is 1.26. The van der Waals surface area contributed by atoms with E-state index in [0.717, 1.165) is 6.42 Å². The van der Waals surface area contributed by atoms with Gasteiger partial charge in [-0.2, -0.15) is 0 Å². The van der Waals surface area contributed by atoms with Crippen LogP contribution in [0.3, 0.4) is 0 Å². The number of nitrogens with one attached hydrogen (secondary N) is 1. The molecule has 2 atom stereocenters. The van der Waals surface area contributed by atoms with Crippen LogP contribution in [-0.4, -0.2) is 42.4 Å². The van der Waals surface area contributed by atoms with Crippen LogP contribution in [0.25, 0.3) is 0 Å². The fraction of sp³-hybridized carbons (Fsp3) is 0.600. The Hall–Kier alpha value is -1.59. The smallest absolute Gasteiger partial charge is 0.242 e. The number of carbonyl (C=O) groups is 2. The van der Waals surface area contributed by atoms with Crippen LogP contribution >= 0.6 is 12.4 Å². The summed E-state index contributed by atoms with van der Waals surface area (Å²) in [5, 5.41) is 2.78. The first-order valence-corrected chi connectivity index (χ1v) is 9.48. The number of amides is 2. The van der Waals surface area contributed by atoms with Crippen LogP contribution in [0, 0.1) is 5.92 Å². The lowest BCUT2D eigenvalue weighted by molar-refractivity contribution is -0.132. The summed E-state index contributed by atoms with van der Waals surface area (Å²) in [6.07, 6.45) is 6.57. The van der Waals surface area contributed by atoms with E-state index in [1.165, 1.54) is 31.2 Å². The van der Waals surface area contributed by atoms with Gasteiger partial charge in [-0.3, -0.25) is 9.59 Å². The molecule has 0 aromatic heterocycles. The van der Waals surface area contributed by atoms with Crippen LogP contribution in [0.15, 0.2) is 30.3 Å². The fourth-order valence-electron chi connectivity index (χ4n) is 4.09. The molecule has 0 bridgehead atoms. The van der Waals surface area contributed by atoms with E-state index in [-0.39, 0.29) is 42.7 Å². The van der Waals surface area contributed by atoms with Crippen LogP contribution in [-0.2, 0) is 9.59 Å². The number of benzene rings is 1. The summed E-state index contributed by atoms with van der Waals surface area (Å²) < 4.78 is 0. The molecule has 144 valence electrons. The normalized spacial score (nSPS) is 22.9. The second kappa shape index (κ2) is 9.93. The maximum atomic E-state index is 12.4. The third kappa shape index (κ3) is 5.45. The number of carbonyl (C=O) groups excluding carboxylic acids is 2. The highest BCUT2D eigenvalue weighted by molar-refractivity contribution is 5.85. The molecule has 3 N–H and O–H groups in total. The third-order valence-electron chi connectivity index (χ3n) is 5.64. The predicted octanol–water partition coefficient (Wildman–Crippen LogP) is 2.45. The van der Waals surface area contributed by atoms with E-state index < -0.39 is 0 Å². The van der Waals surface area contributed by atoms with Crippen molar-refractivity contribution in [1.82, 2.24) is 10.2 Å². The molecule has 6 heteroatoms. The highest BCUT2D eigenvalue weighted by atomic mass is 35.5. The zero-order valence-corrected chi connectivity index (χ0v) is 16.0. The average Bonchev–Trinajstić information content (AvgIpc) is 3.28. The molecule has 2 fully saturated rings. The average molecular weight is 380 g/mol. The zero-order chi connectivity index (χ0) is 17.6. The van der Waals surface area contributed by atoms with Crippen LogP contribution < -0.4 is 11.1 Å². The van der Waals surface area contributed by atoms with Gasteiger partial charge >= 0.3 is 0 Å². The first-order chi connectivity index (χ1) is 12.1. The molecule has 1 aliphatic heterocycles. The number of hydrogen-bond donors (Lipinski definition) is 2. The molecule has 0 unspecified atom stereocenters. The van der Waals surface area contributed by atoms with Crippen molar-refractivity contribution in [2.45, 2.75) is 50.5 Å². The van der Waals surface area contributed by atoms with Crippen LogP contribution in [0.4, 0.5) is 0 Å². The monoisotopic (exact) mass is 379 g/mol. The number of nitrogens with zero attached hydrogens (tertiary/aromatic N) is 1. The molecule has 2 aliphatic rings. The molecule has 1 aromatic rings. The van der Waals surface area contributed by atoms with Crippen molar-refractivity contribution in [1.29, 1.82) is 0 Å². The third-order valence-corrected chi connectivity index (χ3v) is 5.64. The Kier molecular flexibility index (Phi) is 7.91. The minimum Gasteiger partial charge on any atom is -0.347 e. The van der Waals surface area contributed by atoms with Crippen molar-refractivity contribution in [3.05, 3.63) is 35.9 Å². The molecule has 0 radical (unpaired) electrons. The van der Waals surface area contributed by atoms with Gasteiger partial charge in [-0.15, -0.1) is 12.4 Å². The fourth-order valence-corrected chi connectivity index (χ4v) is 4.09. The summed E-state index contributed by atoms with van der Waals surface area (Å²) in [6, 6.07) is 10.0. The van der Waals surface area contributed by atoms with Crippen LogP contribution in [0.1, 0.15) is 50.0 Å². The second-order valence-electron chi connectivity index (χ2n) is 7.45. The largest absolute Gasteiger partial charge is 0.347 e. The number of hydrogen-bond acceptors (Lipinski definition) is 3. The Morgan fingerprint density at radius 2 is 1.81 bits per heavy atom. The van der Waals surface area contributed by atoms with Gasteiger partial charge in [0, 0.05) is 31.5 Å². The highest BCUT2D eigenvalue weighted by Crippen LogP contribution is 2.28. The molecular formula is C20H30ClN3O2. The van der Waals surface area contributed by atoms with E-state index in [9.17, 15) is 9.59 Å². The predicted molar refractivity (Wildman–Crippen MR) is 105 cm³/mol. The van der Waals surface area contributed by atoms with Gasteiger partial charge in [0.05, 0.1) is 6.54 Å². The van der Waals surface area contributed by atoms with Gasteiger partial charge in [-0.1, -0.05) is 56.0 Å². The SMILES string of the molecule is Cl.N[C@@H]1CN(C(=O)CNC(=O)CCC2CCCC2)C[C@H]1c1ccccc1. The Balaban J connectivity index is 0.00000243. The molecule has 0 spiro atoms. The molecule has 5 nitrogen and oxygen atoms in total. The van der Waals surface area contributed by atoms with Gasteiger partial charge < -0.3 is 16.0 Å².